The van der Waals surface area contributed by atoms with Gasteiger partial charge in [-0.1, -0.05) is 30.3 Å². The third kappa shape index (κ3) is 4.65. The first-order valence-electron chi connectivity index (χ1n) is 10.8. The van der Waals surface area contributed by atoms with E-state index in [4.69, 9.17) is 17.0 Å². The highest BCUT2D eigenvalue weighted by Gasteiger charge is 2.44. The zero-order valence-corrected chi connectivity index (χ0v) is 19.4. The number of nitrogens with zero attached hydrogens (tertiary/aromatic N) is 2. The van der Waals surface area contributed by atoms with Crippen molar-refractivity contribution in [2.45, 2.75) is 31.0 Å². The van der Waals surface area contributed by atoms with Crippen LogP contribution in [0.1, 0.15) is 36.1 Å². The van der Waals surface area contributed by atoms with Crippen LogP contribution in [0.2, 0.25) is 0 Å². The Morgan fingerprint density at radius 3 is 2.39 bits per heavy atom. The van der Waals surface area contributed by atoms with Gasteiger partial charge in [-0.2, -0.15) is 0 Å². The number of hydrogen-bond donors (Lipinski definition) is 2. The molecule has 1 aliphatic heterocycles. The predicted molar refractivity (Wildman–Crippen MR) is 131 cm³/mol. The molecule has 1 unspecified atom stereocenters. The van der Waals surface area contributed by atoms with Gasteiger partial charge in [0.05, 0.1) is 25.3 Å². The largest absolute Gasteiger partial charge is 0.507 e. The third-order valence-corrected chi connectivity index (χ3v) is 6.71. The maximum absolute atomic E-state index is 13.3. The lowest BCUT2D eigenvalue weighted by Gasteiger charge is -2.29. The van der Waals surface area contributed by atoms with Gasteiger partial charge in [0.25, 0.3) is 0 Å². The van der Waals surface area contributed by atoms with E-state index in [2.05, 4.69) is 0 Å². The number of aromatic hydroxyl groups is 1. The summed E-state index contributed by atoms with van der Waals surface area (Å²) < 4.78 is 18.5. The molecule has 0 aliphatic carbocycles. The number of hydrogen-bond acceptors (Lipinski definition) is 4. The normalized spacial score (nSPS) is 19.1. The van der Waals surface area contributed by atoms with Crippen LogP contribution in [0.3, 0.4) is 0 Å². The second kappa shape index (κ2) is 9.77. The van der Waals surface area contributed by atoms with Crippen LogP contribution >= 0.6 is 12.2 Å². The van der Waals surface area contributed by atoms with E-state index in [-0.39, 0.29) is 23.7 Å². The Kier molecular flexibility index (Phi) is 6.81. The van der Waals surface area contributed by atoms with Crippen LogP contribution in [0.5, 0.6) is 11.5 Å². The van der Waals surface area contributed by atoms with Crippen molar-refractivity contribution in [1.82, 2.24) is 4.90 Å². The monoisotopic (exact) mass is 466 g/mol. The van der Waals surface area contributed by atoms with Gasteiger partial charge in [0.15, 0.2) is 5.11 Å². The lowest BCUT2D eigenvalue weighted by atomic mass is 9.92. The van der Waals surface area contributed by atoms with Crippen molar-refractivity contribution >= 4 is 23.0 Å². The number of ether oxygens (including phenoxy) is 1. The highest BCUT2D eigenvalue weighted by atomic mass is 32.1. The first-order valence-corrected chi connectivity index (χ1v) is 11.2. The number of likely N-dealkylation sites (N-methyl/N-ethyl adjacent to an activating group) is 1. The number of benzene rings is 3. The van der Waals surface area contributed by atoms with E-state index in [9.17, 15) is 14.6 Å². The van der Waals surface area contributed by atoms with Crippen molar-refractivity contribution in [1.29, 1.82) is 0 Å². The van der Waals surface area contributed by atoms with Gasteiger partial charge in [-0.05, 0) is 67.0 Å². The molecule has 3 aromatic carbocycles. The van der Waals surface area contributed by atoms with Crippen LogP contribution in [-0.4, -0.2) is 40.4 Å². The number of phenolic OH excluding ortho intramolecular Hbond substituents is 1. The van der Waals surface area contributed by atoms with Crippen LogP contribution in [0, 0.1) is 5.82 Å². The maximum atomic E-state index is 13.3. The van der Waals surface area contributed by atoms with Crippen molar-refractivity contribution in [2.24, 2.45) is 0 Å². The SMILES string of the molecule is COc1ccc([C@@H]2[C@H](CCC(O)c3ccc(F)cc3)N(C)C(=S)N2c2ccccc2)c(O)c1. The van der Waals surface area contributed by atoms with Gasteiger partial charge in [-0.3, -0.25) is 0 Å². The highest BCUT2D eigenvalue weighted by molar-refractivity contribution is 7.80. The summed E-state index contributed by atoms with van der Waals surface area (Å²) in [7, 11) is 3.50. The minimum atomic E-state index is -0.733. The molecular weight excluding hydrogens is 439 g/mol. The second-order valence-electron chi connectivity index (χ2n) is 8.18. The average Bonchev–Trinajstić information content (AvgIpc) is 3.08. The highest BCUT2D eigenvalue weighted by Crippen LogP contribution is 2.44. The van der Waals surface area contributed by atoms with E-state index in [0.717, 1.165) is 11.3 Å². The van der Waals surface area contributed by atoms with Crippen molar-refractivity contribution in [3.05, 3.63) is 89.7 Å². The molecule has 1 aliphatic rings. The summed E-state index contributed by atoms with van der Waals surface area (Å²) in [5, 5.41) is 22.2. The number of rotatable bonds is 7. The standard InChI is InChI=1S/C26H27FN2O3S/c1-28-22(14-15-23(30)17-8-10-18(27)11-9-17)25(21-13-12-20(32-2)16-24(21)31)29(26(28)33)19-6-4-3-5-7-19/h3-13,16,22-23,25,30-31H,14-15H2,1-2H3/t22-,23?,25+/m0/s1. The molecule has 0 bridgehead atoms. The van der Waals surface area contributed by atoms with Gasteiger partial charge in [-0.15, -0.1) is 0 Å². The number of methoxy groups -OCH3 is 1. The van der Waals surface area contributed by atoms with E-state index < -0.39 is 6.10 Å². The number of aliphatic hydroxyl groups excluding tert-OH is 1. The quantitative estimate of drug-likeness (QED) is 0.467. The van der Waals surface area contributed by atoms with Gasteiger partial charge >= 0.3 is 0 Å². The summed E-state index contributed by atoms with van der Waals surface area (Å²) in [6.07, 6.45) is 0.331. The topological polar surface area (TPSA) is 56.2 Å². The molecule has 1 saturated heterocycles. The fraction of sp³-hybridized carbons (Fsp3) is 0.269. The Morgan fingerprint density at radius 1 is 1.06 bits per heavy atom. The molecule has 7 heteroatoms. The molecular formula is C26H27FN2O3S. The van der Waals surface area contributed by atoms with Crippen LogP contribution in [0.4, 0.5) is 10.1 Å². The Labute approximate surface area is 198 Å². The Hall–Kier alpha value is -3.16. The van der Waals surface area contributed by atoms with Crippen molar-refractivity contribution in [2.75, 3.05) is 19.1 Å². The van der Waals surface area contributed by atoms with Crippen molar-refractivity contribution in [3.8, 4) is 11.5 Å². The third-order valence-electron chi connectivity index (χ3n) is 6.23. The number of thiocarbonyl (C=S) groups is 1. The molecule has 0 aromatic heterocycles. The van der Waals surface area contributed by atoms with Gasteiger partial charge in [0.1, 0.15) is 17.3 Å². The summed E-state index contributed by atoms with van der Waals surface area (Å²) in [4.78, 5) is 4.07. The molecule has 4 rings (SSSR count). The minimum absolute atomic E-state index is 0.105. The number of para-hydroxylation sites is 1. The zero-order chi connectivity index (χ0) is 23.5. The molecule has 33 heavy (non-hydrogen) atoms. The fourth-order valence-electron chi connectivity index (χ4n) is 4.45. The smallest absolute Gasteiger partial charge is 0.176 e. The van der Waals surface area contributed by atoms with E-state index in [0.29, 0.717) is 29.3 Å². The molecule has 1 heterocycles. The fourth-order valence-corrected chi connectivity index (χ4v) is 4.81. The molecule has 0 radical (unpaired) electrons. The zero-order valence-electron chi connectivity index (χ0n) is 18.6. The van der Waals surface area contributed by atoms with Crippen molar-refractivity contribution < 1.29 is 19.3 Å². The van der Waals surface area contributed by atoms with Gasteiger partial charge in [-0.25, -0.2) is 4.39 Å². The Balaban J connectivity index is 1.67. The molecule has 0 saturated carbocycles. The average molecular weight is 467 g/mol. The summed E-state index contributed by atoms with van der Waals surface area (Å²) in [6.45, 7) is 0. The van der Waals surface area contributed by atoms with Crippen LogP contribution in [-0.2, 0) is 0 Å². The van der Waals surface area contributed by atoms with Crippen LogP contribution in [0.25, 0.3) is 0 Å². The van der Waals surface area contributed by atoms with E-state index in [1.165, 1.54) is 12.1 Å². The minimum Gasteiger partial charge on any atom is -0.507 e. The lowest BCUT2D eigenvalue weighted by Crippen LogP contribution is -2.31. The molecule has 172 valence electrons. The summed E-state index contributed by atoms with van der Waals surface area (Å²) >= 11 is 5.82. The lowest BCUT2D eigenvalue weighted by molar-refractivity contribution is 0.152. The van der Waals surface area contributed by atoms with Crippen molar-refractivity contribution in [3.63, 3.8) is 0 Å². The molecule has 3 aromatic rings. The van der Waals surface area contributed by atoms with Gasteiger partial charge in [0, 0.05) is 24.4 Å². The van der Waals surface area contributed by atoms with Gasteiger partial charge in [0.2, 0.25) is 0 Å². The number of phenols is 1. The van der Waals surface area contributed by atoms with Gasteiger partial charge < -0.3 is 24.7 Å². The molecule has 0 spiro atoms. The summed E-state index contributed by atoms with van der Waals surface area (Å²) in [5.41, 5.74) is 2.33. The second-order valence-corrected chi connectivity index (χ2v) is 8.55. The predicted octanol–water partition coefficient (Wildman–Crippen LogP) is 5.20. The number of halogens is 1. The Bertz CT molecular complexity index is 1110. The van der Waals surface area contributed by atoms with Crippen LogP contribution < -0.4 is 9.64 Å². The van der Waals surface area contributed by atoms with Crippen LogP contribution in [0.15, 0.2) is 72.8 Å². The van der Waals surface area contributed by atoms with E-state index in [1.54, 1.807) is 25.3 Å². The Morgan fingerprint density at radius 2 is 1.76 bits per heavy atom. The first kappa shape index (κ1) is 23.0. The summed E-state index contributed by atoms with van der Waals surface area (Å²) in [5.74, 6) is 0.363. The summed E-state index contributed by atoms with van der Waals surface area (Å²) in [6, 6.07) is 20.7. The molecule has 5 nitrogen and oxygen atoms in total. The molecule has 3 atom stereocenters. The number of anilines is 1. The first-order chi connectivity index (χ1) is 15.9. The molecule has 2 N–H and O–H groups in total. The maximum Gasteiger partial charge on any atom is 0.176 e. The van der Waals surface area contributed by atoms with E-state index >= 15 is 0 Å². The molecule has 0 amide bonds. The van der Waals surface area contributed by atoms with E-state index in [1.807, 2.05) is 59.3 Å². The molecule has 1 fully saturated rings. The number of aliphatic hydroxyl groups is 1.